The summed E-state index contributed by atoms with van der Waals surface area (Å²) in [5.41, 5.74) is 6.21. The van der Waals surface area contributed by atoms with Gasteiger partial charge in [0.1, 0.15) is 5.52 Å². The lowest BCUT2D eigenvalue weighted by Gasteiger charge is -1.94. The Bertz CT molecular complexity index is 394. The van der Waals surface area contributed by atoms with Crippen LogP contribution < -0.4 is 5.73 Å². The molecule has 0 atom stereocenters. The predicted octanol–water partition coefficient (Wildman–Crippen LogP) is 0.965. The maximum atomic E-state index is 5.77. The first-order valence-electron chi connectivity index (χ1n) is 3.02. The van der Waals surface area contributed by atoms with E-state index in [4.69, 9.17) is 17.3 Å². The monoisotopic (exact) mass is 168 g/mol. The summed E-state index contributed by atoms with van der Waals surface area (Å²) in [5, 5.41) is 4.47. The van der Waals surface area contributed by atoms with Gasteiger partial charge in [-0.1, -0.05) is 11.6 Å². The number of anilines is 1. The fraction of sp³-hybridized carbons (Fsp3) is 0. The molecule has 0 amide bonds. The van der Waals surface area contributed by atoms with Gasteiger partial charge in [-0.3, -0.25) is 0 Å². The fourth-order valence-electron chi connectivity index (χ4n) is 0.932. The molecule has 2 N–H and O–H groups in total. The van der Waals surface area contributed by atoms with E-state index < -0.39 is 0 Å². The maximum Gasteiger partial charge on any atom is 0.151 e. The number of hydrogen-bond donors (Lipinski definition) is 1. The molecule has 0 radical (unpaired) electrons. The van der Waals surface area contributed by atoms with Crippen LogP contribution in [0.15, 0.2) is 18.6 Å². The highest BCUT2D eigenvalue weighted by Crippen LogP contribution is 2.19. The van der Waals surface area contributed by atoms with Gasteiger partial charge in [0.25, 0.3) is 0 Å². The first-order chi connectivity index (χ1) is 5.29. The second kappa shape index (κ2) is 2.10. The Kier molecular flexibility index (Phi) is 1.22. The third-order valence-corrected chi connectivity index (χ3v) is 1.69. The van der Waals surface area contributed by atoms with E-state index in [1.54, 1.807) is 16.9 Å². The molecule has 0 saturated heterocycles. The predicted molar refractivity (Wildman–Crippen MR) is 42.4 cm³/mol. The van der Waals surface area contributed by atoms with Crippen molar-refractivity contribution in [1.82, 2.24) is 14.6 Å². The Morgan fingerprint density at radius 3 is 3.09 bits per heavy atom. The quantitative estimate of drug-likeness (QED) is 0.638. The molecule has 5 heteroatoms. The van der Waals surface area contributed by atoms with E-state index in [0.29, 0.717) is 16.4 Å². The third-order valence-electron chi connectivity index (χ3n) is 1.41. The van der Waals surface area contributed by atoms with E-state index in [0.717, 1.165) is 0 Å². The van der Waals surface area contributed by atoms with Crippen molar-refractivity contribution in [2.45, 2.75) is 0 Å². The van der Waals surface area contributed by atoms with E-state index in [2.05, 4.69) is 10.1 Å². The zero-order chi connectivity index (χ0) is 7.84. The molecule has 2 rings (SSSR count). The van der Waals surface area contributed by atoms with Gasteiger partial charge in [0, 0.05) is 12.4 Å². The first kappa shape index (κ1) is 6.42. The maximum absolute atomic E-state index is 5.77. The SMILES string of the molecule is Nc1nccn2ncc(Cl)c12. The van der Waals surface area contributed by atoms with E-state index in [1.807, 2.05) is 0 Å². The number of hydrogen-bond acceptors (Lipinski definition) is 3. The molecule has 0 aliphatic rings. The lowest BCUT2D eigenvalue weighted by molar-refractivity contribution is 0.949. The molecule has 0 spiro atoms. The van der Waals surface area contributed by atoms with Crippen molar-refractivity contribution in [2.75, 3.05) is 5.73 Å². The standard InChI is InChI=1S/C6H5ClN4/c7-4-3-10-11-2-1-9-6(8)5(4)11/h1-3H,(H2,8,9). The van der Waals surface area contributed by atoms with Crippen LogP contribution in [0, 0.1) is 0 Å². The Morgan fingerprint density at radius 1 is 1.55 bits per heavy atom. The minimum atomic E-state index is 0.398. The van der Waals surface area contributed by atoms with E-state index >= 15 is 0 Å². The molecule has 0 aliphatic carbocycles. The van der Waals surface area contributed by atoms with Crippen LogP contribution in [-0.2, 0) is 0 Å². The van der Waals surface area contributed by atoms with Crippen LogP contribution in [0.2, 0.25) is 5.02 Å². The zero-order valence-corrected chi connectivity index (χ0v) is 6.28. The highest BCUT2D eigenvalue weighted by molar-refractivity contribution is 6.34. The molecule has 0 fully saturated rings. The van der Waals surface area contributed by atoms with Crippen molar-refractivity contribution >= 4 is 22.9 Å². The van der Waals surface area contributed by atoms with Crippen molar-refractivity contribution in [3.63, 3.8) is 0 Å². The highest BCUT2D eigenvalue weighted by atomic mass is 35.5. The number of nitrogens with two attached hydrogens (primary N) is 1. The van der Waals surface area contributed by atoms with Gasteiger partial charge in [-0.15, -0.1) is 0 Å². The van der Waals surface area contributed by atoms with Gasteiger partial charge in [0.05, 0.1) is 11.2 Å². The van der Waals surface area contributed by atoms with Crippen LogP contribution in [0.25, 0.3) is 5.52 Å². The summed E-state index contributed by atoms with van der Waals surface area (Å²) < 4.78 is 1.59. The van der Waals surface area contributed by atoms with Gasteiger partial charge in [-0.25, -0.2) is 9.50 Å². The van der Waals surface area contributed by atoms with Gasteiger partial charge >= 0.3 is 0 Å². The highest BCUT2D eigenvalue weighted by Gasteiger charge is 2.03. The van der Waals surface area contributed by atoms with E-state index in [9.17, 15) is 0 Å². The van der Waals surface area contributed by atoms with Crippen LogP contribution in [0.1, 0.15) is 0 Å². The van der Waals surface area contributed by atoms with Crippen molar-refractivity contribution < 1.29 is 0 Å². The minimum Gasteiger partial charge on any atom is -0.382 e. The molecule has 2 aromatic heterocycles. The van der Waals surface area contributed by atoms with Crippen molar-refractivity contribution in [2.24, 2.45) is 0 Å². The molecule has 0 saturated carbocycles. The molecule has 0 unspecified atom stereocenters. The third kappa shape index (κ3) is 0.832. The molecule has 2 aromatic rings. The summed E-state index contributed by atoms with van der Waals surface area (Å²) in [7, 11) is 0. The molecule has 0 bridgehead atoms. The van der Waals surface area contributed by atoms with Gasteiger partial charge in [0.15, 0.2) is 5.82 Å². The number of nitrogens with zero attached hydrogens (tertiary/aromatic N) is 3. The fourth-order valence-corrected chi connectivity index (χ4v) is 1.16. The van der Waals surface area contributed by atoms with Gasteiger partial charge < -0.3 is 5.73 Å². The molecular weight excluding hydrogens is 164 g/mol. The zero-order valence-electron chi connectivity index (χ0n) is 5.53. The number of fused-ring (bicyclic) bond motifs is 1. The number of aromatic nitrogens is 3. The molecule has 0 aliphatic heterocycles. The molecule has 56 valence electrons. The lowest BCUT2D eigenvalue weighted by atomic mass is 10.5. The summed E-state index contributed by atoms with van der Waals surface area (Å²) in [6.07, 6.45) is 4.80. The topological polar surface area (TPSA) is 56.2 Å². The van der Waals surface area contributed by atoms with Crippen molar-refractivity contribution in [1.29, 1.82) is 0 Å². The van der Waals surface area contributed by atoms with Crippen LogP contribution in [0.4, 0.5) is 5.82 Å². The summed E-state index contributed by atoms with van der Waals surface area (Å²) in [5.74, 6) is 0.398. The van der Waals surface area contributed by atoms with Gasteiger partial charge in [-0.2, -0.15) is 5.10 Å². The average molecular weight is 169 g/mol. The van der Waals surface area contributed by atoms with E-state index in [-0.39, 0.29) is 0 Å². The largest absolute Gasteiger partial charge is 0.382 e. The number of rotatable bonds is 0. The van der Waals surface area contributed by atoms with Crippen LogP contribution in [0.5, 0.6) is 0 Å². The Morgan fingerprint density at radius 2 is 2.36 bits per heavy atom. The second-order valence-electron chi connectivity index (χ2n) is 2.10. The second-order valence-corrected chi connectivity index (χ2v) is 2.51. The van der Waals surface area contributed by atoms with Crippen LogP contribution in [0.3, 0.4) is 0 Å². The smallest absolute Gasteiger partial charge is 0.151 e. The van der Waals surface area contributed by atoms with Crippen molar-refractivity contribution in [3.8, 4) is 0 Å². The summed E-state index contributed by atoms with van der Waals surface area (Å²) >= 11 is 5.77. The lowest BCUT2D eigenvalue weighted by Crippen LogP contribution is -1.95. The molecular formula is C6H5ClN4. The summed E-state index contributed by atoms with van der Waals surface area (Å²) in [6.45, 7) is 0. The Balaban J connectivity index is 2.96. The van der Waals surface area contributed by atoms with Gasteiger partial charge in [0.2, 0.25) is 0 Å². The van der Waals surface area contributed by atoms with Crippen molar-refractivity contribution in [3.05, 3.63) is 23.6 Å². The minimum absolute atomic E-state index is 0.398. The molecule has 2 heterocycles. The molecule has 11 heavy (non-hydrogen) atoms. The number of nitrogen functional groups attached to an aromatic ring is 1. The summed E-state index contributed by atoms with van der Waals surface area (Å²) in [6, 6.07) is 0. The van der Waals surface area contributed by atoms with Gasteiger partial charge in [-0.05, 0) is 0 Å². The Labute approximate surface area is 67.6 Å². The Hall–Kier alpha value is -1.29. The molecule has 0 aromatic carbocycles. The van der Waals surface area contributed by atoms with Crippen LogP contribution >= 0.6 is 11.6 Å². The summed E-state index contributed by atoms with van der Waals surface area (Å²) in [4.78, 5) is 3.87. The average Bonchev–Trinajstić information content (AvgIpc) is 2.34. The first-order valence-corrected chi connectivity index (χ1v) is 3.40. The normalized spacial score (nSPS) is 10.6. The molecule has 4 nitrogen and oxygen atoms in total. The number of halogens is 1. The van der Waals surface area contributed by atoms with E-state index in [1.165, 1.54) is 6.20 Å². The van der Waals surface area contributed by atoms with Crippen LogP contribution in [-0.4, -0.2) is 14.6 Å².